The lowest BCUT2D eigenvalue weighted by Gasteiger charge is -2.14. The van der Waals surface area contributed by atoms with Gasteiger partial charge in [0.2, 0.25) is 5.75 Å². The Hall–Kier alpha value is -3.15. The van der Waals surface area contributed by atoms with Gasteiger partial charge < -0.3 is 24.1 Å². The third-order valence-electron chi connectivity index (χ3n) is 3.89. The van der Waals surface area contributed by atoms with Crippen LogP contribution in [0.3, 0.4) is 0 Å². The molecule has 0 aliphatic rings. The van der Waals surface area contributed by atoms with E-state index in [0.29, 0.717) is 28.2 Å². The number of benzene rings is 2. The summed E-state index contributed by atoms with van der Waals surface area (Å²) in [6.07, 6.45) is 3.64. The third kappa shape index (κ3) is 3.59. The summed E-state index contributed by atoms with van der Waals surface area (Å²) in [5, 5.41) is 10.0. The summed E-state index contributed by atoms with van der Waals surface area (Å²) in [7, 11) is 5.86. The lowest BCUT2D eigenvalue weighted by molar-refractivity contribution is 0.103. The average Bonchev–Trinajstić information content (AvgIpc) is 2.67. The zero-order chi connectivity index (χ0) is 19.3. The second kappa shape index (κ2) is 8.29. The maximum Gasteiger partial charge on any atom is 0.200 e. The molecule has 138 valence electrons. The van der Waals surface area contributed by atoms with Gasteiger partial charge in [-0.25, -0.2) is 0 Å². The largest absolute Gasteiger partial charge is 0.502 e. The Morgan fingerprint density at radius 3 is 1.81 bits per heavy atom. The van der Waals surface area contributed by atoms with Crippen LogP contribution in [0, 0.1) is 0 Å². The molecule has 0 atom stereocenters. The molecule has 2 aromatic carbocycles. The zero-order valence-corrected chi connectivity index (χ0v) is 15.5. The first-order valence-electron chi connectivity index (χ1n) is 7.89. The number of ether oxygens (including phenoxy) is 4. The number of rotatable bonds is 7. The summed E-state index contributed by atoms with van der Waals surface area (Å²) in [6.45, 7) is 1.86. The molecule has 0 spiro atoms. The van der Waals surface area contributed by atoms with Gasteiger partial charge in [-0.3, -0.25) is 4.79 Å². The van der Waals surface area contributed by atoms with Crippen molar-refractivity contribution in [2.75, 3.05) is 28.4 Å². The monoisotopic (exact) mass is 358 g/mol. The predicted octanol–water partition coefficient (Wildman–Crippen LogP) is 3.69. The van der Waals surface area contributed by atoms with Gasteiger partial charge in [-0.15, -0.1) is 0 Å². The van der Waals surface area contributed by atoms with E-state index < -0.39 is 0 Å². The Balaban J connectivity index is 2.66. The Labute approximate surface area is 152 Å². The van der Waals surface area contributed by atoms with Crippen molar-refractivity contribution in [2.45, 2.75) is 6.92 Å². The average molecular weight is 358 g/mol. The molecule has 0 heterocycles. The van der Waals surface area contributed by atoms with Crippen molar-refractivity contribution in [3.63, 3.8) is 0 Å². The Bertz CT molecular complexity index is 813. The summed E-state index contributed by atoms with van der Waals surface area (Å²) < 4.78 is 20.9. The van der Waals surface area contributed by atoms with Gasteiger partial charge in [0.05, 0.1) is 28.4 Å². The Kier molecular flexibility index (Phi) is 6.11. The smallest absolute Gasteiger partial charge is 0.200 e. The van der Waals surface area contributed by atoms with Crippen LogP contribution in [0.1, 0.15) is 28.4 Å². The van der Waals surface area contributed by atoms with Crippen LogP contribution < -0.4 is 18.9 Å². The molecule has 0 aliphatic heterocycles. The van der Waals surface area contributed by atoms with Gasteiger partial charge in [0.1, 0.15) is 0 Å². The van der Waals surface area contributed by atoms with Crippen LogP contribution in [0.5, 0.6) is 28.7 Å². The number of phenolic OH excluding ortho intramolecular Hbond substituents is 1. The molecule has 0 amide bonds. The van der Waals surface area contributed by atoms with E-state index in [-0.39, 0.29) is 23.0 Å². The number of phenols is 1. The number of allylic oxidation sites excluding steroid dienone is 1. The van der Waals surface area contributed by atoms with Gasteiger partial charge in [0.15, 0.2) is 28.8 Å². The fourth-order valence-electron chi connectivity index (χ4n) is 2.59. The van der Waals surface area contributed by atoms with Crippen LogP contribution in [0.2, 0.25) is 0 Å². The van der Waals surface area contributed by atoms with Crippen molar-refractivity contribution >= 4 is 11.9 Å². The topological polar surface area (TPSA) is 74.2 Å². The molecule has 6 nitrogen and oxygen atoms in total. The lowest BCUT2D eigenvalue weighted by atomic mass is 9.96. The SMILES string of the molecule is CC=Cc1cc(OC)c(OC)cc1C(=O)c1cc(OC)c(O)c(OC)c1. The van der Waals surface area contributed by atoms with Crippen LogP contribution >= 0.6 is 0 Å². The Morgan fingerprint density at radius 2 is 1.35 bits per heavy atom. The van der Waals surface area contributed by atoms with Crippen molar-refractivity contribution in [1.82, 2.24) is 0 Å². The second-order valence-corrected chi connectivity index (χ2v) is 5.35. The van der Waals surface area contributed by atoms with Crippen LogP contribution in [0.25, 0.3) is 6.08 Å². The van der Waals surface area contributed by atoms with E-state index in [2.05, 4.69) is 0 Å². The van der Waals surface area contributed by atoms with Crippen LogP contribution in [0.15, 0.2) is 30.3 Å². The first-order chi connectivity index (χ1) is 12.5. The van der Waals surface area contributed by atoms with E-state index in [1.54, 1.807) is 12.1 Å². The molecule has 0 radical (unpaired) electrons. The summed E-state index contributed by atoms with van der Waals surface area (Å²) in [5.74, 6) is 0.851. The molecule has 0 fully saturated rings. The van der Waals surface area contributed by atoms with Crippen molar-refractivity contribution in [3.05, 3.63) is 47.0 Å². The van der Waals surface area contributed by atoms with E-state index in [9.17, 15) is 9.90 Å². The molecule has 0 aromatic heterocycles. The van der Waals surface area contributed by atoms with Crippen molar-refractivity contribution < 1.29 is 28.8 Å². The molecular weight excluding hydrogens is 336 g/mol. The highest BCUT2D eigenvalue weighted by Gasteiger charge is 2.20. The minimum absolute atomic E-state index is 0.153. The highest BCUT2D eigenvalue weighted by Crippen LogP contribution is 2.39. The highest BCUT2D eigenvalue weighted by atomic mass is 16.5. The van der Waals surface area contributed by atoms with E-state index >= 15 is 0 Å². The Morgan fingerprint density at radius 1 is 0.846 bits per heavy atom. The fraction of sp³-hybridized carbons (Fsp3) is 0.250. The second-order valence-electron chi connectivity index (χ2n) is 5.35. The molecule has 0 aliphatic carbocycles. The quantitative estimate of drug-likeness (QED) is 0.761. The van der Waals surface area contributed by atoms with Gasteiger partial charge in [0, 0.05) is 11.1 Å². The van der Waals surface area contributed by atoms with E-state index in [1.165, 1.54) is 40.6 Å². The molecule has 0 saturated carbocycles. The standard InChI is InChI=1S/C20H22O6/c1-6-7-12-8-15(23-2)16(24-3)11-14(12)19(21)13-9-17(25-4)20(22)18(10-13)26-5/h6-11,22H,1-5H3. The lowest BCUT2D eigenvalue weighted by Crippen LogP contribution is -2.06. The van der Waals surface area contributed by atoms with E-state index in [4.69, 9.17) is 18.9 Å². The van der Waals surface area contributed by atoms with Crippen molar-refractivity contribution in [3.8, 4) is 28.7 Å². The van der Waals surface area contributed by atoms with Crippen molar-refractivity contribution in [1.29, 1.82) is 0 Å². The number of methoxy groups -OCH3 is 4. The summed E-state index contributed by atoms with van der Waals surface area (Å²) in [5.41, 5.74) is 1.42. The van der Waals surface area contributed by atoms with Gasteiger partial charge in [-0.2, -0.15) is 0 Å². The number of carbonyl (C=O) groups excluding carboxylic acids is 1. The first kappa shape index (κ1) is 19.2. The maximum atomic E-state index is 13.1. The highest BCUT2D eigenvalue weighted by molar-refractivity contribution is 6.12. The molecule has 6 heteroatoms. The minimum Gasteiger partial charge on any atom is -0.502 e. The van der Waals surface area contributed by atoms with E-state index in [1.807, 2.05) is 19.1 Å². The fourth-order valence-corrected chi connectivity index (χ4v) is 2.59. The molecule has 26 heavy (non-hydrogen) atoms. The molecule has 2 aromatic rings. The number of hydrogen-bond acceptors (Lipinski definition) is 6. The molecular formula is C20H22O6. The molecule has 1 N–H and O–H groups in total. The summed E-state index contributed by atoms with van der Waals surface area (Å²) in [4.78, 5) is 13.1. The predicted molar refractivity (Wildman–Crippen MR) is 98.9 cm³/mol. The minimum atomic E-state index is -0.268. The van der Waals surface area contributed by atoms with Crippen LogP contribution in [-0.4, -0.2) is 39.3 Å². The summed E-state index contributed by atoms with van der Waals surface area (Å²) in [6, 6.07) is 6.30. The molecule has 2 rings (SSSR count). The van der Waals surface area contributed by atoms with Crippen molar-refractivity contribution in [2.24, 2.45) is 0 Å². The van der Waals surface area contributed by atoms with Gasteiger partial charge in [0.25, 0.3) is 0 Å². The molecule has 0 bridgehead atoms. The summed E-state index contributed by atoms with van der Waals surface area (Å²) >= 11 is 0. The third-order valence-corrected chi connectivity index (χ3v) is 3.89. The van der Waals surface area contributed by atoms with Gasteiger partial charge in [-0.05, 0) is 36.8 Å². The molecule has 0 unspecified atom stereocenters. The normalized spacial score (nSPS) is 10.7. The van der Waals surface area contributed by atoms with Crippen LogP contribution in [0.4, 0.5) is 0 Å². The number of hydrogen-bond donors (Lipinski definition) is 1. The van der Waals surface area contributed by atoms with Gasteiger partial charge >= 0.3 is 0 Å². The maximum absolute atomic E-state index is 13.1. The number of carbonyl (C=O) groups is 1. The molecule has 0 saturated heterocycles. The first-order valence-corrected chi connectivity index (χ1v) is 7.89. The van der Waals surface area contributed by atoms with Crippen LogP contribution in [-0.2, 0) is 0 Å². The number of ketones is 1. The van der Waals surface area contributed by atoms with Gasteiger partial charge in [-0.1, -0.05) is 12.2 Å². The van der Waals surface area contributed by atoms with E-state index in [0.717, 1.165) is 0 Å². The number of aromatic hydroxyl groups is 1. The zero-order valence-electron chi connectivity index (χ0n) is 15.5.